The summed E-state index contributed by atoms with van der Waals surface area (Å²) in [7, 11) is 0. The lowest BCUT2D eigenvalue weighted by Gasteiger charge is -2.15. The Morgan fingerprint density at radius 3 is 2.53 bits per heavy atom. The fraction of sp³-hybridized carbons (Fsp3) is 0.600. The summed E-state index contributed by atoms with van der Waals surface area (Å²) in [5, 5.41) is 14.7. The van der Waals surface area contributed by atoms with Crippen LogP contribution in [-0.4, -0.2) is 33.2 Å². The number of carbonyl (C=O) groups is 2. The first kappa shape index (κ1) is 13.1. The molecule has 1 aromatic heterocycles. The second-order valence-corrected chi connectivity index (χ2v) is 4.13. The molecule has 0 aromatic carbocycles. The number of amides is 1. The predicted octanol–water partition coefficient (Wildman–Crippen LogP) is 0.607. The third-order valence-corrected chi connectivity index (χ3v) is 2.04. The average Bonchev–Trinajstić information content (AvgIpc) is 2.63. The lowest BCUT2D eigenvalue weighted by Crippen LogP contribution is -2.42. The highest BCUT2D eigenvalue weighted by atomic mass is 16.5. The Bertz CT molecular complexity index is 413. The molecule has 1 amide bonds. The van der Waals surface area contributed by atoms with Gasteiger partial charge in [0.15, 0.2) is 0 Å². The molecule has 0 aliphatic carbocycles. The van der Waals surface area contributed by atoms with E-state index in [1.165, 1.54) is 0 Å². The molecule has 0 aliphatic heterocycles. The van der Waals surface area contributed by atoms with E-state index in [0.29, 0.717) is 6.42 Å². The number of aryl methyl sites for hydroxylation is 1. The maximum absolute atomic E-state index is 11.6. The molecule has 1 unspecified atom stereocenters. The highest BCUT2D eigenvalue weighted by Crippen LogP contribution is 2.06. The summed E-state index contributed by atoms with van der Waals surface area (Å²) in [5.74, 6) is -1.46. The van der Waals surface area contributed by atoms with Crippen LogP contribution in [0.25, 0.3) is 0 Å². The zero-order valence-corrected chi connectivity index (χ0v) is 9.93. The Morgan fingerprint density at radius 1 is 1.47 bits per heavy atom. The van der Waals surface area contributed by atoms with E-state index in [9.17, 15) is 9.59 Å². The van der Waals surface area contributed by atoms with Gasteiger partial charge in [-0.2, -0.15) is 4.98 Å². The van der Waals surface area contributed by atoms with E-state index in [-0.39, 0.29) is 17.6 Å². The van der Waals surface area contributed by atoms with Gasteiger partial charge in [-0.15, -0.1) is 0 Å². The molecule has 2 N–H and O–H groups in total. The number of rotatable bonds is 5. The van der Waals surface area contributed by atoms with Crippen LogP contribution in [0.5, 0.6) is 0 Å². The minimum Gasteiger partial charge on any atom is -0.480 e. The fourth-order valence-corrected chi connectivity index (χ4v) is 1.31. The summed E-state index contributed by atoms with van der Waals surface area (Å²) in [6.45, 7) is 5.30. The number of nitrogens with one attached hydrogen (secondary N) is 1. The van der Waals surface area contributed by atoms with Crippen molar-refractivity contribution in [3.63, 3.8) is 0 Å². The van der Waals surface area contributed by atoms with E-state index in [0.717, 1.165) is 0 Å². The van der Waals surface area contributed by atoms with Crippen LogP contribution in [0.2, 0.25) is 0 Å². The van der Waals surface area contributed by atoms with Gasteiger partial charge in [-0.25, -0.2) is 4.79 Å². The van der Waals surface area contributed by atoms with Gasteiger partial charge in [-0.05, 0) is 12.3 Å². The van der Waals surface area contributed by atoms with Crippen LogP contribution in [0, 0.1) is 12.8 Å². The van der Waals surface area contributed by atoms with E-state index in [4.69, 9.17) is 5.11 Å². The number of aliphatic carboxylic acids is 1. The van der Waals surface area contributed by atoms with Gasteiger partial charge in [0, 0.05) is 6.92 Å². The van der Waals surface area contributed by atoms with Crippen LogP contribution in [0.4, 0.5) is 0 Å². The van der Waals surface area contributed by atoms with Crippen molar-refractivity contribution in [3.05, 3.63) is 11.7 Å². The van der Waals surface area contributed by atoms with Crippen molar-refractivity contribution in [2.75, 3.05) is 0 Å². The van der Waals surface area contributed by atoms with Crippen LogP contribution >= 0.6 is 0 Å². The number of hydrogen-bond acceptors (Lipinski definition) is 5. The van der Waals surface area contributed by atoms with Gasteiger partial charge in [0.1, 0.15) is 6.04 Å². The molecule has 1 heterocycles. The van der Waals surface area contributed by atoms with Gasteiger partial charge in [0.05, 0.1) is 0 Å². The van der Waals surface area contributed by atoms with E-state index >= 15 is 0 Å². The first-order valence-corrected chi connectivity index (χ1v) is 5.24. The van der Waals surface area contributed by atoms with Crippen LogP contribution in [0.15, 0.2) is 4.52 Å². The summed E-state index contributed by atoms with van der Waals surface area (Å²) < 4.78 is 4.64. The lowest BCUT2D eigenvalue weighted by atomic mass is 10.0. The minimum atomic E-state index is -1.08. The topological polar surface area (TPSA) is 105 Å². The van der Waals surface area contributed by atoms with Crippen molar-refractivity contribution in [2.24, 2.45) is 5.92 Å². The van der Waals surface area contributed by atoms with Crippen molar-refractivity contribution >= 4 is 11.9 Å². The fourth-order valence-electron chi connectivity index (χ4n) is 1.31. The average molecular weight is 241 g/mol. The Morgan fingerprint density at radius 2 is 2.12 bits per heavy atom. The molecule has 1 aromatic rings. The Kier molecular flexibility index (Phi) is 4.19. The van der Waals surface area contributed by atoms with Crippen molar-refractivity contribution in [3.8, 4) is 0 Å². The summed E-state index contributed by atoms with van der Waals surface area (Å²) >= 11 is 0. The number of aromatic nitrogens is 2. The molecule has 94 valence electrons. The molecule has 7 nitrogen and oxygen atoms in total. The molecule has 1 rings (SSSR count). The van der Waals surface area contributed by atoms with Gasteiger partial charge in [-0.3, -0.25) is 4.79 Å². The second kappa shape index (κ2) is 5.42. The van der Waals surface area contributed by atoms with Gasteiger partial charge < -0.3 is 14.9 Å². The van der Waals surface area contributed by atoms with Crippen LogP contribution < -0.4 is 5.32 Å². The highest BCUT2D eigenvalue weighted by molar-refractivity contribution is 5.93. The molecular weight excluding hydrogens is 226 g/mol. The SMILES string of the molecule is Cc1nc(C(=O)NC(CC(C)C)C(=O)O)no1. The molecule has 1 atom stereocenters. The van der Waals surface area contributed by atoms with Gasteiger partial charge in [-0.1, -0.05) is 19.0 Å². The van der Waals surface area contributed by atoms with Crippen molar-refractivity contribution in [2.45, 2.75) is 33.2 Å². The molecule has 0 saturated heterocycles. The zero-order valence-electron chi connectivity index (χ0n) is 9.93. The third kappa shape index (κ3) is 3.86. The standard InChI is InChI=1S/C10H15N3O4/c1-5(2)4-7(10(15)16)12-9(14)8-11-6(3)17-13-8/h5,7H,4H2,1-3H3,(H,12,14)(H,15,16). The zero-order chi connectivity index (χ0) is 13.0. The van der Waals surface area contributed by atoms with E-state index < -0.39 is 17.9 Å². The van der Waals surface area contributed by atoms with Gasteiger partial charge >= 0.3 is 5.97 Å². The molecule has 0 aliphatic rings. The maximum Gasteiger partial charge on any atom is 0.326 e. The van der Waals surface area contributed by atoms with E-state index in [1.807, 2.05) is 13.8 Å². The third-order valence-electron chi connectivity index (χ3n) is 2.04. The Balaban J connectivity index is 2.67. The number of nitrogens with zero attached hydrogens (tertiary/aromatic N) is 2. The monoisotopic (exact) mass is 241 g/mol. The number of carboxylic acid groups (broad SMARTS) is 1. The summed E-state index contributed by atoms with van der Waals surface area (Å²) in [6, 6.07) is -0.943. The van der Waals surface area contributed by atoms with E-state index in [1.54, 1.807) is 6.92 Å². The lowest BCUT2D eigenvalue weighted by molar-refractivity contribution is -0.139. The molecule has 0 radical (unpaired) electrons. The Labute approximate surface area is 98.2 Å². The van der Waals surface area contributed by atoms with Crippen molar-refractivity contribution < 1.29 is 19.2 Å². The van der Waals surface area contributed by atoms with Crippen LogP contribution in [-0.2, 0) is 4.79 Å². The maximum atomic E-state index is 11.6. The van der Waals surface area contributed by atoms with Gasteiger partial charge in [0.2, 0.25) is 5.89 Å². The second-order valence-electron chi connectivity index (χ2n) is 4.13. The molecule has 17 heavy (non-hydrogen) atoms. The molecule has 7 heteroatoms. The van der Waals surface area contributed by atoms with Crippen LogP contribution in [0.3, 0.4) is 0 Å². The smallest absolute Gasteiger partial charge is 0.326 e. The molecule has 0 saturated carbocycles. The molecular formula is C10H15N3O4. The highest BCUT2D eigenvalue weighted by Gasteiger charge is 2.23. The predicted molar refractivity (Wildman–Crippen MR) is 57.4 cm³/mol. The minimum absolute atomic E-state index is 0.155. The Hall–Kier alpha value is -1.92. The van der Waals surface area contributed by atoms with Crippen molar-refractivity contribution in [1.82, 2.24) is 15.5 Å². The molecule has 0 spiro atoms. The number of carbonyl (C=O) groups excluding carboxylic acids is 1. The first-order chi connectivity index (χ1) is 7.90. The summed E-state index contributed by atoms with van der Waals surface area (Å²) in [5.41, 5.74) is 0. The molecule has 0 bridgehead atoms. The summed E-state index contributed by atoms with van der Waals surface area (Å²) in [6.07, 6.45) is 0.345. The van der Waals surface area contributed by atoms with E-state index in [2.05, 4.69) is 20.0 Å². The number of hydrogen-bond donors (Lipinski definition) is 2. The normalized spacial score (nSPS) is 12.5. The summed E-state index contributed by atoms with van der Waals surface area (Å²) in [4.78, 5) is 26.2. The van der Waals surface area contributed by atoms with Crippen LogP contribution in [0.1, 0.15) is 36.8 Å². The quantitative estimate of drug-likeness (QED) is 0.782. The number of carboxylic acids is 1. The van der Waals surface area contributed by atoms with Crippen molar-refractivity contribution in [1.29, 1.82) is 0 Å². The first-order valence-electron chi connectivity index (χ1n) is 5.24. The molecule has 0 fully saturated rings. The van der Waals surface area contributed by atoms with Gasteiger partial charge in [0.25, 0.3) is 11.7 Å². The largest absolute Gasteiger partial charge is 0.480 e.